The molecule has 0 spiro atoms. The zero-order chi connectivity index (χ0) is 20.2. The highest BCUT2D eigenvalue weighted by Crippen LogP contribution is 2.39. The van der Waals surface area contributed by atoms with Crippen LogP contribution in [-0.4, -0.2) is 38.6 Å². The highest BCUT2D eigenvalue weighted by atomic mass is 32.1. The molecule has 1 fully saturated rings. The van der Waals surface area contributed by atoms with Gasteiger partial charge >= 0.3 is 0 Å². The SMILES string of the molecule is COc1ccccc1NC(=O)c1c(NC(=O)C[NH+]2CCCCC2)sc2c1CCC2. The highest BCUT2D eigenvalue weighted by Gasteiger charge is 2.28. The van der Waals surface area contributed by atoms with E-state index in [4.69, 9.17) is 4.74 Å². The van der Waals surface area contributed by atoms with Gasteiger partial charge in [0.15, 0.2) is 6.54 Å². The summed E-state index contributed by atoms with van der Waals surface area (Å²) in [6.45, 7) is 2.57. The average molecular weight is 415 g/mol. The number of aryl methyl sites for hydroxylation is 1. The molecular formula is C22H28N3O3S+. The first-order chi connectivity index (χ1) is 14.2. The van der Waals surface area contributed by atoms with E-state index in [0.717, 1.165) is 37.9 Å². The van der Waals surface area contributed by atoms with Gasteiger partial charge in [0.2, 0.25) is 0 Å². The Morgan fingerprint density at radius 3 is 2.66 bits per heavy atom. The van der Waals surface area contributed by atoms with Crippen molar-refractivity contribution in [2.24, 2.45) is 0 Å². The molecule has 1 aliphatic carbocycles. The molecular weight excluding hydrogens is 386 g/mol. The van der Waals surface area contributed by atoms with Crippen molar-refractivity contribution < 1.29 is 19.2 Å². The zero-order valence-corrected chi connectivity index (χ0v) is 17.6. The third-order valence-electron chi connectivity index (χ3n) is 5.73. The summed E-state index contributed by atoms with van der Waals surface area (Å²) in [6, 6.07) is 7.37. The van der Waals surface area contributed by atoms with E-state index in [-0.39, 0.29) is 11.8 Å². The Labute approximate surface area is 175 Å². The number of para-hydroxylation sites is 2. The van der Waals surface area contributed by atoms with Crippen LogP contribution in [0, 0.1) is 0 Å². The van der Waals surface area contributed by atoms with Crippen LogP contribution in [0.4, 0.5) is 10.7 Å². The number of piperidine rings is 1. The third kappa shape index (κ3) is 4.46. The number of amides is 2. The van der Waals surface area contributed by atoms with E-state index in [1.165, 1.54) is 29.0 Å². The van der Waals surface area contributed by atoms with E-state index in [2.05, 4.69) is 10.6 Å². The smallest absolute Gasteiger partial charge is 0.280 e. The number of hydrogen-bond donors (Lipinski definition) is 3. The van der Waals surface area contributed by atoms with Crippen LogP contribution in [-0.2, 0) is 17.6 Å². The molecule has 3 N–H and O–H groups in total. The predicted octanol–water partition coefficient (Wildman–Crippen LogP) is 2.50. The molecule has 7 heteroatoms. The Bertz CT molecular complexity index is 903. The quantitative estimate of drug-likeness (QED) is 0.680. The summed E-state index contributed by atoms with van der Waals surface area (Å²) in [6.07, 6.45) is 6.54. The number of nitrogens with one attached hydrogen (secondary N) is 3. The van der Waals surface area contributed by atoms with Gasteiger partial charge in [0, 0.05) is 4.88 Å². The van der Waals surface area contributed by atoms with Crippen LogP contribution < -0.4 is 20.3 Å². The summed E-state index contributed by atoms with van der Waals surface area (Å²) >= 11 is 1.55. The van der Waals surface area contributed by atoms with Crippen LogP contribution in [0.25, 0.3) is 0 Å². The van der Waals surface area contributed by atoms with E-state index in [1.807, 2.05) is 24.3 Å². The molecule has 1 aromatic carbocycles. The number of methoxy groups -OCH3 is 1. The molecule has 0 atom stereocenters. The molecule has 2 heterocycles. The molecule has 2 aliphatic rings. The molecule has 29 heavy (non-hydrogen) atoms. The molecule has 154 valence electrons. The topological polar surface area (TPSA) is 71.9 Å². The lowest BCUT2D eigenvalue weighted by Crippen LogP contribution is -3.13. The van der Waals surface area contributed by atoms with Gasteiger partial charge in [-0.1, -0.05) is 12.1 Å². The lowest BCUT2D eigenvalue weighted by atomic mass is 10.1. The van der Waals surface area contributed by atoms with E-state index in [1.54, 1.807) is 18.4 Å². The van der Waals surface area contributed by atoms with Crippen LogP contribution in [0.5, 0.6) is 5.75 Å². The summed E-state index contributed by atoms with van der Waals surface area (Å²) in [7, 11) is 1.59. The Balaban J connectivity index is 1.53. The number of hydrogen-bond acceptors (Lipinski definition) is 4. The first kappa shape index (κ1) is 19.9. The number of thiophene rings is 1. The number of quaternary nitrogens is 1. The minimum Gasteiger partial charge on any atom is -0.495 e. The van der Waals surface area contributed by atoms with Crippen LogP contribution >= 0.6 is 11.3 Å². The normalized spacial score (nSPS) is 16.3. The molecule has 6 nitrogen and oxygen atoms in total. The first-order valence-electron chi connectivity index (χ1n) is 10.4. The summed E-state index contributed by atoms with van der Waals surface area (Å²) in [4.78, 5) is 28.4. The van der Waals surface area contributed by atoms with Crippen molar-refractivity contribution in [1.82, 2.24) is 0 Å². The second-order valence-corrected chi connectivity index (χ2v) is 8.86. The minimum atomic E-state index is -0.186. The van der Waals surface area contributed by atoms with Gasteiger partial charge in [0.1, 0.15) is 10.8 Å². The number of anilines is 2. The van der Waals surface area contributed by atoms with Crippen molar-refractivity contribution in [2.75, 3.05) is 37.4 Å². The van der Waals surface area contributed by atoms with Crippen LogP contribution in [0.3, 0.4) is 0 Å². The van der Waals surface area contributed by atoms with Crippen molar-refractivity contribution >= 4 is 33.8 Å². The Hall–Kier alpha value is -2.38. The van der Waals surface area contributed by atoms with Gasteiger partial charge in [-0.15, -0.1) is 11.3 Å². The molecule has 0 bridgehead atoms. The van der Waals surface area contributed by atoms with Gasteiger partial charge in [0.25, 0.3) is 11.8 Å². The summed E-state index contributed by atoms with van der Waals surface area (Å²) in [5.74, 6) is 0.426. The van der Waals surface area contributed by atoms with E-state index >= 15 is 0 Å². The molecule has 1 aromatic heterocycles. The van der Waals surface area contributed by atoms with Crippen molar-refractivity contribution in [1.29, 1.82) is 0 Å². The maximum Gasteiger partial charge on any atom is 0.280 e. The Kier molecular flexibility index (Phi) is 6.16. The van der Waals surface area contributed by atoms with Gasteiger partial charge in [-0.25, -0.2) is 0 Å². The predicted molar refractivity (Wildman–Crippen MR) is 115 cm³/mol. The second kappa shape index (κ2) is 8.97. The van der Waals surface area contributed by atoms with Crippen molar-refractivity contribution in [3.05, 3.63) is 40.3 Å². The summed E-state index contributed by atoms with van der Waals surface area (Å²) in [5.41, 5.74) is 2.34. The summed E-state index contributed by atoms with van der Waals surface area (Å²) < 4.78 is 5.35. The number of ether oxygens (including phenoxy) is 1. The number of carbonyl (C=O) groups is 2. The Morgan fingerprint density at radius 2 is 1.86 bits per heavy atom. The third-order valence-corrected chi connectivity index (χ3v) is 6.93. The van der Waals surface area contributed by atoms with E-state index < -0.39 is 0 Å². The standard InChI is InChI=1S/C22H27N3O3S/c1-28-17-10-4-3-9-16(17)23-21(27)20-15-8-7-11-18(15)29-22(20)24-19(26)14-25-12-5-2-6-13-25/h3-4,9-10H,2,5-8,11-14H2,1H3,(H,23,27)(H,24,26)/p+1. The van der Waals surface area contributed by atoms with Crippen LogP contribution in [0.15, 0.2) is 24.3 Å². The largest absolute Gasteiger partial charge is 0.495 e. The highest BCUT2D eigenvalue weighted by molar-refractivity contribution is 7.17. The molecule has 0 radical (unpaired) electrons. The molecule has 2 amide bonds. The maximum atomic E-state index is 13.2. The molecule has 2 aromatic rings. The van der Waals surface area contributed by atoms with E-state index in [9.17, 15) is 9.59 Å². The number of rotatable bonds is 6. The maximum absolute atomic E-state index is 13.2. The average Bonchev–Trinajstić information content (AvgIpc) is 3.29. The van der Waals surface area contributed by atoms with Crippen LogP contribution in [0.1, 0.15) is 46.5 Å². The first-order valence-corrected chi connectivity index (χ1v) is 11.2. The number of likely N-dealkylation sites (tertiary alicyclic amines) is 1. The molecule has 0 saturated carbocycles. The number of fused-ring (bicyclic) bond motifs is 1. The van der Waals surface area contributed by atoms with Crippen molar-refractivity contribution in [3.8, 4) is 5.75 Å². The number of benzene rings is 1. The van der Waals surface area contributed by atoms with Crippen LogP contribution in [0.2, 0.25) is 0 Å². The molecule has 1 aliphatic heterocycles. The van der Waals surface area contributed by atoms with Gasteiger partial charge in [-0.2, -0.15) is 0 Å². The zero-order valence-electron chi connectivity index (χ0n) is 16.8. The lowest BCUT2D eigenvalue weighted by molar-refractivity contribution is -0.896. The van der Waals surface area contributed by atoms with Crippen molar-refractivity contribution in [3.63, 3.8) is 0 Å². The van der Waals surface area contributed by atoms with Gasteiger partial charge in [0.05, 0.1) is 31.5 Å². The van der Waals surface area contributed by atoms with Gasteiger partial charge in [-0.05, 0) is 56.2 Å². The summed E-state index contributed by atoms with van der Waals surface area (Å²) in [5, 5.41) is 6.71. The lowest BCUT2D eigenvalue weighted by Gasteiger charge is -2.22. The Morgan fingerprint density at radius 1 is 1.07 bits per heavy atom. The fourth-order valence-electron chi connectivity index (χ4n) is 4.29. The molecule has 1 saturated heterocycles. The fraction of sp³-hybridized carbons (Fsp3) is 0.455. The van der Waals surface area contributed by atoms with Gasteiger partial charge < -0.3 is 20.3 Å². The second-order valence-electron chi connectivity index (χ2n) is 7.75. The fourth-order valence-corrected chi connectivity index (χ4v) is 5.59. The monoisotopic (exact) mass is 414 g/mol. The minimum absolute atomic E-state index is 0.00633. The van der Waals surface area contributed by atoms with Crippen molar-refractivity contribution in [2.45, 2.75) is 38.5 Å². The van der Waals surface area contributed by atoms with Gasteiger partial charge in [-0.3, -0.25) is 9.59 Å². The van der Waals surface area contributed by atoms with E-state index in [0.29, 0.717) is 28.5 Å². The number of carbonyl (C=O) groups excluding carboxylic acids is 2. The molecule has 4 rings (SSSR count). The molecule has 0 unspecified atom stereocenters.